The molecule has 0 fully saturated rings. The third kappa shape index (κ3) is 6.84. The van der Waals surface area contributed by atoms with Gasteiger partial charge < -0.3 is 9.80 Å². The van der Waals surface area contributed by atoms with E-state index in [1.54, 1.807) is 0 Å². The molecule has 12 aromatic rings. The van der Waals surface area contributed by atoms with Crippen molar-refractivity contribution in [3.8, 4) is 33.4 Å². The van der Waals surface area contributed by atoms with E-state index in [4.69, 9.17) is 0 Å². The number of fused-ring (bicyclic) bond motifs is 4. The molecular formula is C64H44N2. The number of hydrogen-bond donors (Lipinski definition) is 0. The van der Waals surface area contributed by atoms with E-state index in [0.717, 1.165) is 45.3 Å². The van der Waals surface area contributed by atoms with Crippen LogP contribution in [0.15, 0.2) is 267 Å². The van der Waals surface area contributed by atoms with Gasteiger partial charge >= 0.3 is 0 Å². The van der Waals surface area contributed by atoms with E-state index in [0.29, 0.717) is 0 Å². The van der Waals surface area contributed by atoms with E-state index in [1.807, 2.05) is 0 Å². The summed E-state index contributed by atoms with van der Waals surface area (Å²) in [5.41, 5.74) is 13.7. The minimum absolute atomic E-state index is 1.09. The molecule has 2 heteroatoms. The predicted octanol–water partition coefficient (Wildman–Crippen LogP) is 18.2. The van der Waals surface area contributed by atoms with Gasteiger partial charge in [-0.1, -0.05) is 212 Å². The van der Waals surface area contributed by atoms with Crippen LogP contribution in [-0.2, 0) is 0 Å². The van der Waals surface area contributed by atoms with Gasteiger partial charge in [0.15, 0.2) is 0 Å². The number of nitrogens with zero attached hydrogens (tertiary/aromatic N) is 2. The van der Waals surface area contributed by atoms with Crippen LogP contribution in [0.3, 0.4) is 0 Å². The SMILES string of the molecule is c1ccc(N(c2ccc(-c3ccc(N(c4ccccc4)c4cccc5ccccc45)c(-c4cccc5ccccc45)c3-c3cccc4ccccc34)cc2)c2cccc3ccccc23)cc1. The van der Waals surface area contributed by atoms with Gasteiger partial charge in [-0.2, -0.15) is 0 Å². The minimum atomic E-state index is 1.09. The fourth-order valence-corrected chi connectivity index (χ4v) is 10.0. The fraction of sp³-hybridized carbons (Fsp3) is 0. The van der Waals surface area contributed by atoms with Gasteiger partial charge in [-0.3, -0.25) is 0 Å². The third-order valence-electron chi connectivity index (χ3n) is 13.0. The molecule has 2 nitrogen and oxygen atoms in total. The Kier molecular flexibility index (Phi) is 9.89. The Balaban J connectivity index is 1.16. The van der Waals surface area contributed by atoms with Crippen LogP contribution in [-0.4, -0.2) is 0 Å². The smallest absolute Gasteiger partial charge is 0.0547 e. The number of benzene rings is 12. The van der Waals surface area contributed by atoms with Crippen LogP contribution in [0.5, 0.6) is 0 Å². The molecule has 310 valence electrons. The summed E-state index contributed by atoms with van der Waals surface area (Å²) >= 11 is 0. The molecule has 0 saturated carbocycles. The molecule has 0 aliphatic heterocycles. The molecule has 0 aliphatic rings. The predicted molar refractivity (Wildman–Crippen MR) is 282 cm³/mol. The summed E-state index contributed by atoms with van der Waals surface area (Å²) in [6.45, 7) is 0. The van der Waals surface area contributed by atoms with Crippen molar-refractivity contribution >= 4 is 77.2 Å². The molecule has 0 unspecified atom stereocenters. The Morgan fingerprint density at radius 3 is 1.11 bits per heavy atom. The van der Waals surface area contributed by atoms with Gasteiger partial charge in [0.25, 0.3) is 0 Å². The quantitative estimate of drug-likeness (QED) is 0.143. The van der Waals surface area contributed by atoms with E-state index in [-0.39, 0.29) is 0 Å². The van der Waals surface area contributed by atoms with E-state index in [9.17, 15) is 0 Å². The molecule has 0 aromatic heterocycles. The third-order valence-corrected chi connectivity index (χ3v) is 13.0. The van der Waals surface area contributed by atoms with Crippen molar-refractivity contribution in [2.45, 2.75) is 0 Å². The molecular weight excluding hydrogens is 797 g/mol. The topological polar surface area (TPSA) is 6.48 Å². The van der Waals surface area contributed by atoms with Crippen LogP contribution in [0.2, 0.25) is 0 Å². The standard InChI is InChI=1S/C64H44N2/c1-3-27-50(28-4-1)65(60-37-17-25-47-21-9-13-33-55(47)60)52-41-39-49(40-42-52)57-43-44-62(66(51-29-5-2-6-30-51)61-38-18-26-48-22-10-14-34-56(48)61)64(59-36-16-24-46-20-8-12-32-54(46)59)63(57)58-35-15-23-45-19-7-11-31-53(45)58/h1-44H. The molecule has 66 heavy (non-hydrogen) atoms. The lowest BCUT2D eigenvalue weighted by atomic mass is 9.83. The Hall–Kier alpha value is -8.72. The fourth-order valence-electron chi connectivity index (χ4n) is 10.0. The molecule has 0 bridgehead atoms. The summed E-state index contributed by atoms with van der Waals surface area (Å²) in [6.07, 6.45) is 0. The molecule has 0 radical (unpaired) electrons. The number of hydrogen-bond acceptors (Lipinski definition) is 2. The zero-order valence-corrected chi connectivity index (χ0v) is 36.3. The minimum Gasteiger partial charge on any atom is -0.310 e. The van der Waals surface area contributed by atoms with Crippen molar-refractivity contribution in [1.29, 1.82) is 0 Å². The van der Waals surface area contributed by atoms with Gasteiger partial charge in [0.1, 0.15) is 0 Å². The maximum Gasteiger partial charge on any atom is 0.0547 e. The number of para-hydroxylation sites is 2. The van der Waals surface area contributed by atoms with Crippen molar-refractivity contribution in [2.75, 3.05) is 9.80 Å². The van der Waals surface area contributed by atoms with Crippen molar-refractivity contribution in [1.82, 2.24) is 0 Å². The highest BCUT2D eigenvalue weighted by molar-refractivity contribution is 6.14. The average Bonchev–Trinajstić information content (AvgIpc) is 3.39. The molecule has 12 rings (SSSR count). The summed E-state index contributed by atoms with van der Waals surface area (Å²) < 4.78 is 0. The van der Waals surface area contributed by atoms with Crippen molar-refractivity contribution < 1.29 is 0 Å². The Labute approximate surface area is 385 Å². The maximum atomic E-state index is 2.48. The first-order chi connectivity index (χ1) is 32.8. The largest absolute Gasteiger partial charge is 0.310 e. The second-order valence-corrected chi connectivity index (χ2v) is 16.8. The zero-order chi connectivity index (χ0) is 43.8. The highest BCUT2D eigenvalue weighted by Gasteiger charge is 2.27. The van der Waals surface area contributed by atoms with Gasteiger partial charge in [0, 0.05) is 39.0 Å². The van der Waals surface area contributed by atoms with Crippen molar-refractivity contribution in [3.05, 3.63) is 267 Å². The lowest BCUT2D eigenvalue weighted by molar-refractivity contribution is 1.29. The van der Waals surface area contributed by atoms with Crippen LogP contribution in [0, 0.1) is 0 Å². The summed E-state index contributed by atoms with van der Waals surface area (Å²) in [7, 11) is 0. The van der Waals surface area contributed by atoms with Crippen molar-refractivity contribution in [3.63, 3.8) is 0 Å². The second kappa shape index (κ2) is 16.8. The van der Waals surface area contributed by atoms with Gasteiger partial charge in [0.05, 0.1) is 17.1 Å². The van der Waals surface area contributed by atoms with Gasteiger partial charge in [0.2, 0.25) is 0 Å². The van der Waals surface area contributed by atoms with Crippen LogP contribution < -0.4 is 9.80 Å². The van der Waals surface area contributed by atoms with Crippen molar-refractivity contribution in [2.24, 2.45) is 0 Å². The van der Waals surface area contributed by atoms with Crippen LogP contribution in [0.25, 0.3) is 76.5 Å². The number of anilines is 6. The van der Waals surface area contributed by atoms with E-state index in [2.05, 4.69) is 277 Å². The highest BCUT2D eigenvalue weighted by Crippen LogP contribution is 2.53. The van der Waals surface area contributed by atoms with Crippen LogP contribution >= 0.6 is 0 Å². The molecule has 0 N–H and O–H groups in total. The van der Waals surface area contributed by atoms with E-state index >= 15 is 0 Å². The lowest BCUT2D eigenvalue weighted by Gasteiger charge is -2.32. The molecule has 0 amide bonds. The summed E-state index contributed by atoms with van der Waals surface area (Å²) in [4.78, 5) is 4.85. The normalized spacial score (nSPS) is 11.3. The summed E-state index contributed by atoms with van der Waals surface area (Å²) in [5.74, 6) is 0. The molecule has 0 saturated heterocycles. The van der Waals surface area contributed by atoms with Gasteiger partial charge in [-0.15, -0.1) is 0 Å². The summed E-state index contributed by atoms with van der Waals surface area (Å²) in [6, 6.07) is 97.2. The molecule has 0 heterocycles. The average molecular weight is 841 g/mol. The number of rotatable bonds is 9. The van der Waals surface area contributed by atoms with Crippen LogP contribution in [0.1, 0.15) is 0 Å². The molecule has 12 aromatic carbocycles. The van der Waals surface area contributed by atoms with E-state index < -0.39 is 0 Å². The molecule has 0 atom stereocenters. The monoisotopic (exact) mass is 840 g/mol. The molecule has 0 aliphatic carbocycles. The first-order valence-electron chi connectivity index (χ1n) is 22.7. The van der Waals surface area contributed by atoms with E-state index in [1.165, 1.54) is 65.3 Å². The first kappa shape index (κ1) is 38.9. The van der Waals surface area contributed by atoms with Gasteiger partial charge in [-0.05, 0) is 109 Å². The van der Waals surface area contributed by atoms with Crippen LogP contribution in [0.4, 0.5) is 34.1 Å². The Bertz CT molecular complexity index is 3690. The maximum absolute atomic E-state index is 2.48. The summed E-state index contributed by atoms with van der Waals surface area (Å²) in [5, 5.41) is 9.61. The zero-order valence-electron chi connectivity index (χ0n) is 36.3. The first-order valence-corrected chi connectivity index (χ1v) is 22.7. The van der Waals surface area contributed by atoms with Gasteiger partial charge in [-0.25, -0.2) is 0 Å². The molecule has 0 spiro atoms. The Morgan fingerprint density at radius 1 is 0.197 bits per heavy atom. The lowest BCUT2D eigenvalue weighted by Crippen LogP contribution is -2.13. The second-order valence-electron chi connectivity index (χ2n) is 16.8. The highest BCUT2D eigenvalue weighted by atomic mass is 15.2. The Morgan fingerprint density at radius 2 is 0.576 bits per heavy atom.